The van der Waals surface area contributed by atoms with Crippen LogP contribution in [0.3, 0.4) is 0 Å². The highest BCUT2D eigenvalue weighted by Gasteiger charge is 2.16. The molecule has 1 aliphatic rings. The highest BCUT2D eigenvalue weighted by Crippen LogP contribution is 2.22. The zero-order valence-corrected chi connectivity index (χ0v) is 15.1. The molecule has 26 heavy (non-hydrogen) atoms. The SMILES string of the molecule is CCCOc1ccccc1C(=O)Nc1ccc(OC[C@H]2CCCO2)cc1. The van der Waals surface area contributed by atoms with Gasteiger partial charge in [-0.1, -0.05) is 19.1 Å². The molecule has 1 heterocycles. The van der Waals surface area contributed by atoms with Crippen LogP contribution in [0.15, 0.2) is 48.5 Å². The third-order valence-corrected chi connectivity index (χ3v) is 4.17. The lowest BCUT2D eigenvalue weighted by Crippen LogP contribution is -2.16. The minimum atomic E-state index is -0.190. The Kier molecular flexibility index (Phi) is 6.50. The van der Waals surface area contributed by atoms with Crippen LogP contribution in [0.1, 0.15) is 36.5 Å². The van der Waals surface area contributed by atoms with Gasteiger partial charge in [-0.25, -0.2) is 0 Å². The van der Waals surface area contributed by atoms with E-state index < -0.39 is 0 Å². The van der Waals surface area contributed by atoms with Gasteiger partial charge >= 0.3 is 0 Å². The second-order valence-corrected chi connectivity index (χ2v) is 6.27. The van der Waals surface area contributed by atoms with Gasteiger partial charge in [0.1, 0.15) is 18.1 Å². The fourth-order valence-electron chi connectivity index (χ4n) is 2.79. The fraction of sp³-hybridized carbons (Fsp3) is 0.381. The van der Waals surface area contributed by atoms with Crippen molar-refractivity contribution in [3.63, 3.8) is 0 Å². The maximum atomic E-state index is 12.5. The van der Waals surface area contributed by atoms with Crippen LogP contribution in [0.25, 0.3) is 0 Å². The quantitative estimate of drug-likeness (QED) is 0.768. The Morgan fingerprint density at radius 3 is 2.69 bits per heavy atom. The van der Waals surface area contributed by atoms with Crippen LogP contribution in [-0.4, -0.2) is 31.8 Å². The van der Waals surface area contributed by atoms with Gasteiger partial charge in [-0.2, -0.15) is 0 Å². The Bertz CT molecular complexity index is 708. The largest absolute Gasteiger partial charge is 0.493 e. The van der Waals surface area contributed by atoms with E-state index in [1.165, 1.54) is 0 Å². The van der Waals surface area contributed by atoms with Crippen molar-refractivity contribution in [1.29, 1.82) is 0 Å². The van der Waals surface area contributed by atoms with Gasteiger partial charge in [-0.05, 0) is 55.7 Å². The predicted molar refractivity (Wildman–Crippen MR) is 101 cm³/mol. The Morgan fingerprint density at radius 1 is 1.15 bits per heavy atom. The van der Waals surface area contributed by atoms with Crippen LogP contribution < -0.4 is 14.8 Å². The fourth-order valence-corrected chi connectivity index (χ4v) is 2.79. The zero-order valence-electron chi connectivity index (χ0n) is 15.1. The van der Waals surface area contributed by atoms with E-state index in [0.29, 0.717) is 30.2 Å². The van der Waals surface area contributed by atoms with Gasteiger partial charge in [0.05, 0.1) is 18.3 Å². The standard InChI is InChI=1S/C21H25NO4/c1-2-13-25-20-8-4-3-7-19(20)21(23)22-16-9-11-17(12-10-16)26-15-18-6-5-14-24-18/h3-4,7-12,18H,2,5-6,13-15H2,1H3,(H,22,23)/t18-/m1/s1. The summed E-state index contributed by atoms with van der Waals surface area (Å²) in [5, 5.41) is 2.90. The number of para-hydroxylation sites is 1. The first-order valence-electron chi connectivity index (χ1n) is 9.14. The monoisotopic (exact) mass is 355 g/mol. The number of rotatable bonds is 8. The topological polar surface area (TPSA) is 56.8 Å². The van der Waals surface area contributed by atoms with Gasteiger partial charge in [0.25, 0.3) is 5.91 Å². The first kappa shape index (κ1) is 18.3. The van der Waals surface area contributed by atoms with Gasteiger partial charge in [0.15, 0.2) is 0 Å². The first-order chi connectivity index (χ1) is 12.8. The van der Waals surface area contributed by atoms with Crippen LogP contribution in [0, 0.1) is 0 Å². The van der Waals surface area contributed by atoms with Crippen molar-refractivity contribution >= 4 is 11.6 Å². The third-order valence-electron chi connectivity index (χ3n) is 4.17. The van der Waals surface area contributed by atoms with E-state index in [9.17, 15) is 4.79 Å². The second kappa shape index (κ2) is 9.25. The van der Waals surface area contributed by atoms with Crippen molar-refractivity contribution in [3.05, 3.63) is 54.1 Å². The molecular weight excluding hydrogens is 330 g/mol. The van der Waals surface area contributed by atoms with Crippen molar-refractivity contribution in [3.8, 4) is 11.5 Å². The lowest BCUT2D eigenvalue weighted by molar-refractivity contribution is 0.0679. The molecule has 3 rings (SSSR count). The molecule has 1 fully saturated rings. The zero-order chi connectivity index (χ0) is 18.2. The lowest BCUT2D eigenvalue weighted by atomic mass is 10.2. The van der Waals surface area contributed by atoms with Gasteiger partial charge < -0.3 is 19.5 Å². The Hall–Kier alpha value is -2.53. The summed E-state index contributed by atoms with van der Waals surface area (Å²) < 4.78 is 16.9. The number of hydrogen-bond donors (Lipinski definition) is 1. The number of anilines is 1. The molecule has 5 heteroatoms. The van der Waals surface area contributed by atoms with Crippen LogP contribution in [0.5, 0.6) is 11.5 Å². The van der Waals surface area contributed by atoms with Crippen LogP contribution >= 0.6 is 0 Å². The van der Waals surface area contributed by atoms with E-state index in [0.717, 1.165) is 31.6 Å². The van der Waals surface area contributed by atoms with Crippen molar-refractivity contribution in [1.82, 2.24) is 0 Å². The van der Waals surface area contributed by atoms with Crippen LogP contribution in [-0.2, 0) is 4.74 Å². The maximum Gasteiger partial charge on any atom is 0.259 e. The molecule has 0 unspecified atom stereocenters. The van der Waals surface area contributed by atoms with E-state index in [1.54, 1.807) is 6.07 Å². The smallest absolute Gasteiger partial charge is 0.259 e. The average molecular weight is 355 g/mol. The maximum absolute atomic E-state index is 12.5. The molecule has 0 spiro atoms. The number of benzene rings is 2. The summed E-state index contributed by atoms with van der Waals surface area (Å²) in [6, 6.07) is 14.6. The molecule has 2 aromatic carbocycles. The van der Waals surface area contributed by atoms with Gasteiger partial charge in [-0.3, -0.25) is 4.79 Å². The summed E-state index contributed by atoms with van der Waals surface area (Å²) in [7, 11) is 0. The molecule has 0 aliphatic carbocycles. The molecule has 2 aromatic rings. The molecule has 1 amide bonds. The molecule has 1 N–H and O–H groups in total. The normalized spacial score (nSPS) is 16.3. The molecule has 0 radical (unpaired) electrons. The van der Waals surface area contributed by atoms with Crippen LogP contribution in [0.4, 0.5) is 5.69 Å². The van der Waals surface area contributed by atoms with Crippen molar-refractivity contribution in [2.24, 2.45) is 0 Å². The van der Waals surface area contributed by atoms with E-state index in [1.807, 2.05) is 49.4 Å². The summed E-state index contributed by atoms with van der Waals surface area (Å²) in [5.74, 6) is 1.18. The summed E-state index contributed by atoms with van der Waals surface area (Å²) >= 11 is 0. The van der Waals surface area contributed by atoms with Gasteiger partial charge in [0, 0.05) is 12.3 Å². The number of carbonyl (C=O) groups excluding carboxylic acids is 1. The molecule has 1 saturated heterocycles. The molecular formula is C21H25NO4. The minimum Gasteiger partial charge on any atom is -0.493 e. The highest BCUT2D eigenvalue weighted by atomic mass is 16.5. The molecule has 0 aromatic heterocycles. The molecule has 1 aliphatic heterocycles. The Labute approximate surface area is 154 Å². The summed E-state index contributed by atoms with van der Waals surface area (Å²) in [5.41, 5.74) is 1.24. The van der Waals surface area contributed by atoms with E-state index in [4.69, 9.17) is 14.2 Å². The number of hydrogen-bond acceptors (Lipinski definition) is 4. The predicted octanol–water partition coefficient (Wildman–Crippen LogP) is 4.29. The molecule has 5 nitrogen and oxygen atoms in total. The number of ether oxygens (including phenoxy) is 3. The lowest BCUT2D eigenvalue weighted by Gasteiger charge is -2.13. The summed E-state index contributed by atoms with van der Waals surface area (Å²) in [6.07, 6.45) is 3.23. The molecule has 0 bridgehead atoms. The molecule has 0 saturated carbocycles. The number of nitrogens with one attached hydrogen (secondary N) is 1. The van der Waals surface area contributed by atoms with E-state index in [-0.39, 0.29) is 12.0 Å². The van der Waals surface area contributed by atoms with E-state index in [2.05, 4.69) is 5.32 Å². The molecule has 1 atom stereocenters. The van der Waals surface area contributed by atoms with Crippen molar-refractivity contribution in [2.45, 2.75) is 32.3 Å². The third kappa shape index (κ3) is 4.99. The van der Waals surface area contributed by atoms with Crippen LogP contribution in [0.2, 0.25) is 0 Å². The average Bonchev–Trinajstić information content (AvgIpc) is 3.19. The summed E-state index contributed by atoms with van der Waals surface area (Å²) in [6.45, 7) is 4.00. The molecule has 138 valence electrons. The Balaban J connectivity index is 1.57. The minimum absolute atomic E-state index is 0.189. The van der Waals surface area contributed by atoms with Gasteiger partial charge in [-0.15, -0.1) is 0 Å². The Morgan fingerprint density at radius 2 is 1.96 bits per heavy atom. The first-order valence-corrected chi connectivity index (χ1v) is 9.14. The number of carbonyl (C=O) groups is 1. The number of amides is 1. The van der Waals surface area contributed by atoms with Crippen molar-refractivity contribution in [2.75, 3.05) is 25.1 Å². The van der Waals surface area contributed by atoms with E-state index >= 15 is 0 Å². The van der Waals surface area contributed by atoms with Gasteiger partial charge in [0.2, 0.25) is 0 Å². The van der Waals surface area contributed by atoms with Crippen molar-refractivity contribution < 1.29 is 19.0 Å². The second-order valence-electron chi connectivity index (χ2n) is 6.27. The summed E-state index contributed by atoms with van der Waals surface area (Å²) in [4.78, 5) is 12.5. The highest BCUT2D eigenvalue weighted by molar-refractivity contribution is 6.06.